The third-order valence-corrected chi connectivity index (χ3v) is 2.93. The van der Waals surface area contributed by atoms with Gasteiger partial charge in [0.1, 0.15) is 0 Å². The number of anilines is 2. The summed E-state index contributed by atoms with van der Waals surface area (Å²) in [4.78, 5) is 15.9. The number of amides is 1. The third kappa shape index (κ3) is 6.54. The molecule has 0 aliphatic heterocycles. The van der Waals surface area contributed by atoms with E-state index in [-0.39, 0.29) is 5.91 Å². The van der Waals surface area contributed by atoms with Crippen molar-refractivity contribution >= 4 is 17.3 Å². The summed E-state index contributed by atoms with van der Waals surface area (Å²) < 4.78 is 0. The van der Waals surface area contributed by atoms with Gasteiger partial charge in [-0.05, 0) is 38.4 Å². The van der Waals surface area contributed by atoms with E-state index in [0.29, 0.717) is 13.0 Å². The summed E-state index contributed by atoms with van der Waals surface area (Å²) in [6, 6.07) is 7.83. The molecule has 0 unspecified atom stereocenters. The second kappa shape index (κ2) is 8.55. The van der Waals surface area contributed by atoms with Crippen LogP contribution in [-0.4, -0.2) is 58.6 Å². The highest BCUT2D eigenvalue weighted by molar-refractivity contribution is 5.90. The van der Waals surface area contributed by atoms with E-state index in [9.17, 15) is 4.79 Å². The SMILES string of the molecule is CN(C)CCNCCC(=O)Nc1ccc(N(C)C)cc1. The molecule has 1 aromatic rings. The van der Waals surface area contributed by atoms with Crippen LogP contribution in [0.25, 0.3) is 0 Å². The van der Waals surface area contributed by atoms with Gasteiger partial charge in [-0.25, -0.2) is 0 Å². The smallest absolute Gasteiger partial charge is 0.225 e. The van der Waals surface area contributed by atoms with Crippen LogP contribution < -0.4 is 15.5 Å². The fourth-order valence-electron chi connectivity index (χ4n) is 1.70. The molecule has 0 radical (unpaired) electrons. The Labute approximate surface area is 121 Å². The molecule has 0 spiro atoms. The fourth-order valence-corrected chi connectivity index (χ4v) is 1.70. The molecule has 112 valence electrons. The maximum absolute atomic E-state index is 11.8. The van der Waals surface area contributed by atoms with Gasteiger partial charge in [0.15, 0.2) is 0 Å². The summed E-state index contributed by atoms with van der Waals surface area (Å²) in [5, 5.41) is 6.15. The Morgan fingerprint density at radius 1 is 1.05 bits per heavy atom. The van der Waals surface area contributed by atoms with Crippen molar-refractivity contribution in [2.45, 2.75) is 6.42 Å². The zero-order valence-corrected chi connectivity index (χ0v) is 12.9. The number of carbonyl (C=O) groups excluding carboxylic acids is 1. The number of rotatable bonds is 8. The first-order valence-corrected chi connectivity index (χ1v) is 6.91. The van der Waals surface area contributed by atoms with Crippen LogP contribution in [0.1, 0.15) is 6.42 Å². The second-order valence-electron chi connectivity index (χ2n) is 5.29. The van der Waals surface area contributed by atoms with Gasteiger partial charge in [0.25, 0.3) is 0 Å². The lowest BCUT2D eigenvalue weighted by Gasteiger charge is -2.13. The van der Waals surface area contributed by atoms with Crippen molar-refractivity contribution in [3.8, 4) is 0 Å². The predicted octanol–water partition coefficient (Wildman–Crippen LogP) is 1.23. The fraction of sp³-hybridized carbons (Fsp3) is 0.533. The quantitative estimate of drug-likeness (QED) is 0.702. The average molecular weight is 278 g/mol. The first kappa shape index (κ1) is 16.5. The molecule has 2 N–H and O–H groups in total. The highest BCUT2D eigenvalue weighted by Gasteiger charge is 2.02. The summed E-state index contributed by atoms with van der Waals surface area (Å²) in [6.45, 7) is 2.58. The molecule has 1 rings (SSSR count). The molecule has 0 aliphatic rings. The van der Waals surface area contributed by atoms with E-state index in [4.69, 9.17) is 0 Å². The summed E-state index contributed by atoms with van der Waals surface area (Å²) in [7, 11) is 8.05. The topological polar surface area (TPSA) is 47.6 Å². The molecule has 5 nitrogen and oxygen atoms in total. The van der Waals surface area contributed by atoms with Crippen LogP contribution in [0.2, 0.25) is 0 Å². The Morgan fingerprint density at radius 3 is 2.25 bits per heavy atom. The molecule has 0 fully saturated rings. The highest BCUT2D eigenvalue weighted by Crippen LogP contribution is 2.15. The lowest BCUT2D eigenvalue weighted by molar-refractivity contribution is -0.116. The Hall–Kier alpha value is -1.59. The van der Waals surface area contributed by atoms with Crippen LogP contribution in [-0.2, 0) is 4.79 Å². The van der Waals surface area contributed by atoms with Gasteiger partial charge in [0.2, 0.25) is 5.91 Å². The number of likely N-dealkylation sites (N-methyl/N-ethyl adjacent to an activating group) is 1. The van der Waals surface area contributed by atoms with Gasteiger partial charge in [-0.3, -0.25) is 4.79 Å². The van der Waals surface area contributed by atoms with Crippen molar-refractivity contribution in [1.29, 1.82) is 0 Å². The Morgan fingerprint density at radius 2 is 1.70 bits per heavy atom. The predicted molar refractivity (Wildman–Crippen MR) is 85.4 cm³/mol. The third-order valence-electron chi connectivity index (χ3n) is 2.93. The molecule has 0 bridgehead atoms. The van der Waals surface area contributed by atoms with E-state index in [0.717, 1.165) is 24.5 Å². The van der Waals surface area contributed by atoms with Gasteiger partial charge < -0.3 is 20.4 Å². The van der Waals surface area contributed by atoms with Crippen LogP contribution in [0.4, 0.5) is 11.4 Å². The molecule has 0 aliphatic carbocycles. The minimum Gasteiger partial charge on any atom is -0.378 e. The number of hydrogen-bond donors (Lipinski definition) is 2. The molecular formula is C15H26N4O. The van der Waals surface area contributed by atoms with Gasteiger partial charge in [0.05, 0.1) is 0 Å². The molecule has 20 heavy (non-hydrogen) atoms. The van der Waals surface area contributed by atoms with Gasteiger partial charge >= 0.3 is 0 Å². The number of carbonyl (C=O) groups is 1. The number of hydrogen-bond acceptors (Lipinski definition) is 4. The maximum atomic E-state index is 11.8. The standard InChI is InChI=1S/C15H26N4O/c1-18(2)12-11-16-10-9-15(20)17-13-5-7-14(8-6-13)19(3)4/h5-8,16H,9-12H2,1-4H3,(H,17,20). The van der Waals surface area contributed by atoms with Gasteiger partial charge in [-0.1, -0.05) is 0 Å². The number of nitrogens with zero attached hydrogens (tertiary/aromatic N) is 2. The molecule has 0 aromatic heterocycles. The van der Waals surface area contributed by atoms with Crippen molar-refractivity contribution in [2.75, 3.05) is 58.0 Å². The highest BCUT2D eigenvalue weighted by atomic mass is 16.1. The Kier molecular flexibility index (Phi) is 7.04. The second-order valence-corrected chi connectivity index (χ2v) is 5.29. The average Bonchev–Trinajstić information content (AvgIpc) is 2.38. The van der Waals surface area contributed by atoms with Gasteiger partial charge in [-0.15, -0.1) is 0 Å². The zero-order chi connectivity index (χ0) is 15.0. The zero-order valence-electron chi connectivity index (χ0n) is 12.9. The van der Waals surface area contributed by atoms with E-state index in [1.165, 1.54) is 0 Å². The molecule has 0 saturated carbocycles. The summed E-state index contributed by atoms with van der Waals surface area (Å²) in [5.74, 6) is 0.0416. The molecular weight excluding hydrogens is 252 g/mol. The molecule has 0 atom stereocenters. The summed E-state index contributed by atoms with van der Waals surface area (Å²) in [5.41, 5.74) is 1.96. The van der Waals surface area contributed by atoms with E-state index >= 15 is 0 Å². The number of benzene rings is 1. The van der Waals surface area contributed by atoms with Crippen molar-refractivity contribution < 1.29 is 4.79 Å². The minimum absolute atomic E-state index is 0.0416. The molecule has 0 saturated heterocycles. The van der Waals surface area contributed by atoms with Gasteiger partial charge in [-0.2, -0.15) is 0 Å². The summed E-state index contributed by atoms with van der Waals surface area (Å²) in [6.07, 6.45) is 0.489. The lowest BCUT2D eigenvalue weighted by Crippen LogP contribution is -2.29. The van der Waals surface area contributed by atoms with Crippen molar-refractivity contribution in [3.05, 3.63) is 24.3 Å². The van der Waals surface area contributed by atoms with Crippen LogP contribution in [0, 0.1) is 0 Å². The van der Waals surface area contributed by atoms with E-state index in [1.54, 1.807) is 0 Å². The monoisotopic (exact) mass is 278 g/mol. The van der Waals surface area contributed by atoms with E-state index < -0.39 is 0 Å². The van der Waals surface area contributed by atoms with Crippen LogP contribution in [0.3, 0.4) is 0 Å². The van der Waals surface area contributed by atoms with Crippen LogP contribution >= 0.6 is 0 Å². The summed E-state index contributed by atoms with van der Waals surface area (Å²) >= 11 is 0. The number of nitrogens with one attached hydrogen (secondary N) is 2. The molecule has 1 amide bonds. The van der Waals surface area contributed by atoms with Crippen molar-refractivity contribution in [3.63, 3.8) is 0 Å². The van der Waals surface area contributed by atoms with Crippen LogP contribution in [0.15, 0.2) is 24.3 Å². The van der Waals surface area contributed by atoms with Crippen molar-refractivity contribution in [1.82, 2.24) is 10.2 Å². The maximum Gasteiger partial charge on any atom is 0.225 e. The molecule has 0 heterocycles. The lowest BCUT2D eigenvalue weighted by atomic mass is 10.2. The Balaban J connectivity index is 2.25. The minimum atomic E-state index is 0.0416. The molecule has 1 aromatic carbocycles. The van der Waals surface area contributed by atoms with Gasteiger partial charge in [0, 0.05) is 51.5 Å². The normalized spacial score (nSPS) is 10.7. The van der Waals surface area contributed by atoms with E-state index in [2.05, 4.69) is 15.5 Å². The Bertz CT molecular complexity index is 401. The largest absolute Gasteiger partial charge is 0.378 e. The van der Waals surface area contributed by atoms with E-state index in [1.807, 2.05) is 57.4 Å². The van der Waals surface area contributed by atoms with Crippen molar-refractivity contribution in [2.24, 2.45) is 0 Å². The first-order chi connectivity index (χ1) is 9.49. The van der Waals surface area contributed by atoms with Crippen LogP contribution in [0.5, 0.6) is 0 Å². The molecule has 5 heteroatoms. The first-order valence-electron chi connectivity index (χ1n) is 6.91.